The summed E-state index contributed by atoms with van der Waals surface area (Å²) in [5.41, 5.74) is 1.77. The van der Waals surface area contributed by atoms with E-state index in [2.05, 4.69) is 4.98 Å². The van der Waals surface area contributed by atoms with Crippen molar-refractivity contribution < 1.29 is 14.3 Å². The first-order chi connectivity index (χ1) is 11.7. The molecule has 0 saturated carbocycles. The van der Waals surface area contributed by atoms with Crippen LogP contribution >= 0.6 is 0 Å². The van der Waals surface area contributed by atoms with E-state index in [0.717, 1.165) is 17.7 Å². The van der Waals surface area contributed by atoms with Gasteiger partial charge in [0, 0.05) is 30.8 Å². The van der Waals surface area contributed by atoms with E-state index in [-0.39, 0.29) is 12.0 Å². The van der Waals surface area contributed by atoms with Crippen LogP contribution in [-0.2, 0) is 0 Å². The molecule has 1 atom stereocenters. The maximum atomic E-state index is 12.6. The van der Waals surface area contributed by atoms with Crippen LogP contribution in [0.15, 0.2) is 42.6 Å². The highest BCUT2D eigenvalue weighted by atomic mass is 16.5. The first-order valence-electron chi connectivity index (χ1n) is 8.27. The van der Waals surface area contributed by atoms with Gasteiger partial charge in [0.1, 0.15) is 11.9 Å². The second-order valence-electron chi connectivity index (χ2n) is 5.91. The Hall–Kier alpha value is -2.56. The number of hydrogen-bond acceptors (Lipinski definition) is 4. The van der Waals surface area contributed by atoms with E-state index in [1.165, 1.54) is 0 Å². The normalized spacial score (nSPS) is 16.9. The maximum Gasteiger partial charge on any atom is 0.253 e. The standard InChI is InChI=1S/C19H22N2O3/c1-3-23-16-7-5-15(6-8-16)19(22)21-11-10-17(13-21)24-18-9-4-14(2)12-20-18/h4-9,12,17H,3,10-11,13H2,1-2H3/t17-/m0/s1. The average molecular weight is 326 g/mol. The molecule has 0 unspecified atom stereocenters. The molecule has 1 saturated heterocycles. The molecule has 1 aromatic heterocycles. The summed E-state index contributed by atoms with van der Waals surface area (Å²) in [6, 6.07) is 11.1. The van der Waals surface area contributed by atoms with Crippen molar-refractivity contribution in [2.24, 2.45) is 0 Å². The SMILES string of the molecule is CCOc1ccc(C(=O)N2CC[C@H](Oc3ccc(C)cn3)C2)cc1. The molecule has 0 N–H and O–H groups in total. The number of hydrogen-bond donors (Lipinski definition) is 0. The second-order valence-corrected chi connectivity index (χ2v) is 5.91. The van der Waals surface area contributed by atoms with Crippen molar-refractivity contribution in [3.63, 3.8) is 0 Å². The van der Waals surface area contributed by atoms with Crippen LogP contribution in [0.25, 0.3) is 0 Å². The van der Waals surface area contributed by atoms with Crippen LogP contribution in [0, 0.1) is 6.92 Å². The number of ether oxygens (including phenoxy) is 2. The minimum atomic E-state index is -0.00754. The Morgan fingerprint density at radius 1 is 1.25 bits per heavy atom. The van der Waals surface area contributed by atoms with Gasteiger partial charge in [-0.15, -0.1) is 0 Å². The minimum Gasteiger partial charge on any atom is -0.494 e. The predicted octanol–water partition coefficient (Wildman–Crippen LogP) is 3.08. The zero-order valence-electron chi connectivity index (χ0n) is 14.1. The molecule has 1 amide bonds. The molecule has 3 rings (SSSR count). The molecule has 1 aromatic carbocycles. The summed E-state index contributed by atoms with van der Waals surface area (Å²) < 4.78 is 11.3. The van der Waals surface area contributed by atoms with Gasteiger partial charge in [0.2, 0.25) is 5.88 Å². The van der Waals surface area contributed by atoms with Crippen LogP contribution in [0.5, 0.6) is 11.6 Å². The molecule has 5 nitrogen and oxygen atoms in total. The third-order valence-electron chi connectivity index (χ3n) is 4.02. The van der Waals surface area contributed by atoms with Gasteiger partial charge in [0.05, 0.1) is 13.2 Å². The van der Waals surface area contributed by atoms with E-state index in [1.54, 1.807) is 6.20 Å². The first kappa shape index (κ1) is 16.3. The lowest BCUT2D eigenvalue weighted by Crippen LogP contribution is -2.31. The topological polar surface area (TPSA) is 51.7 Å². The van der Waals surface area contributed by atoms with Crippen LogP contribution in [0.1, 0.15) is 29.3 Å². The van der Waals surface area contributed by atoms with Crippen LogP contribution in [0.2, 0.25) is 0 Å². The first-order valence-corrected chi connectivity index (χ1v) is 8.27. The lowest BCUT2D eigenvalue weighted by molar-refractivity contribution is 0.0771. The van der Waals surface area contributed by atoms with Crippen LogP contribution in [-0.4, -0.2) is 41.6 Å². The molecule has 2 aromatic rings. The molecule has 24 heavy (non-hydrogen) atoms. The predicted molar refractivity (Wildman–Crippen MR) is 91.5 cm³/mol. The van der Waals surface area contributed by atoms with E-state index < -0.39 is 0 Å². The molecule has 5 heteroatoms. The molecule has 1 aliphatic heterocycles. The number of benzene rings is 1. The van der Waals surface area contributed by atoms with Crippen molar-refractivity contribution in [1.29, 1.82) is 0 Å². The lowest BCUT2D eigenvalue weighted by Gasteiger charge is -2.17. The van der Waals surface area contributed by atoms with Crippen molar-refractivity contribution in [1.82, 2.24) is 9.88 Å². The van der Waals surface area contributed by atoms with E-state index in [0.29, 0.717) is 31.1 Å². The fourth-order valence-electron chi connectivity index (χ4n) is 2.75. The summed E-state index contributed by atoms with van der Waals surface area (Å²) in [4.78, 5) is 18.7. The quantitative estimate of drug-likeness (QED) is 0.847. The summed E-state index contributed by atoms with van der Waals surface area (Å²) in [5.74, 6) is 1.42. The lowest BCUT2D eigenvalue weighted by atomic mass is 10.2. The fourth-order valence-corrected chi connectivity index (χ4v) is 2.75. The maximum absolute atomic E-state index is 12.6. The molecule has 0 aliphatic carbocycles. The third-order valence-corrected chi connectivity index (χ3v) is 4.02. The average Bonchev–Trinajstić information content (AvgIpc) is 3.06. The van der Waals surface area contributed by atoms with Gasteiger partial charge < -0.3 is 14.4 Å². The Balaban J connectivity index is 1.58. The molecule has 0 bridgehead atoms. The Kier molecular flexibility index (Phi) is 4.99. The van der Waals surface area contributed by atoms with E-state index in [4.69, 9.17) is 9.47 Å². The van der Waals surface area contributed by atoms with Crippen LogP contribution < -0.4 is 9.47 Å². The highest BCUT2D eigenvalue weighted by molar-refractivity contribution is 5.94. The number of pyridine rings is 1. The van der Waals surface area contributed by atoms with Crippen molar-refractivity contribution >= 4 is 5.91 Å². The molecular weight excluding hydrogens is 304 g/mol. The highest BCUT2D eigenvalue weighted by Crippen LogP contribution is 2.20. The number of aryl methyl sites for hydroxylation is 1. The number of carbonyl (C=O) groups excluding carboxylic acids is 1. The number of rotatable bonds is 5. The Bertz CT molecular complexity index is 683. The molecule has 126 valence electrons. The monoisotopic (exact) mass is 326 g/mol. The molecule has 1 aliphatic rings. The van der Waals surface area contributed by atoms with Gasteiger partial charge >= 0.3 is 0 Å². The zero-order chi connectivity index (χ0) is 16.9. The van der Waals surface area contributed by atoms with E-state index in [9.17, 15) is 4.79 Å². The van der Waals surface area contributed by atoms with Gasteiger partial charge in [-0.2, -0.15) is 0 Å². The summed E-state index contributed by atoms with van der Waals surface area (Å²) in [7, 11) is 0. The number of carbonyl (C=O) groups is 1. The molecular formula is C19H22N2O3. The number of amides is 1. The van der Waals surface area contributed by atoms with Crippen molar-refractivity contribution in [2.75, 3.05) is 19.7 Å². The van der Waals surface area contributed by atoms with Crippen molar-refractivity contribution in [2.45, 2.75) is 26.4 Å². The summed E-state index contributed by atoms with van der Waals surface area (Å²) >= 11 is 0. The molecule has 1 fully saturated rings. The van der Waals surface area contributed by atoms with E-state index >= 15 is 0 Å². The summed E-state index contributed by atoms with van der Waals surface area (Å²) in [5, 5.41) is 0. The highest BCUT2D eigenvalue weighted by Gasteiger charge is 2.28. The number of nitrogens with zero attached hydrogens (tertiary/aromatic N) is 2. The third kappa shape index (κ3) is 3.85. The zero-order valence-corrected chi connectivity index (χ0v) is 14.1. The van der Waals surface area contributed by atoms with Gasteiger partial charge in [0.25, 0.3) is 5.91 Å². The van der Waals surface area contributed by atoms with Crippen LogP contribution in [0.4, 0.5) is 0 Å². The van der Waals surface area contributed by atoms with Crippen molar-refractivity contribution in [3.8, 4) is 11.6 Å². The van der Waals surface area contributed by atoms with Gasteiger partial charge in [-0.1, -0.05) is 6.07 Å². The van der Waals surface area contributed by atoms with Gasteiger partial charge in [0.15, 0.2) is 0 Å². The van der Waals surface area contributed by atoms with Crippen molar-refractivity contribution in [3.05, 3.63) is 53.7 Å². The Morgan fingerprint density at radius 3 is 2.71 bits per heavy atom. The van der Waals surface area contributed by atoms with Crippen LogP contribution in [0.3, 0.4) is 0 Å². The van der Waals surface area contributed by atoms with E-state index in [1.807, 2.05) is 55.1 Å². The van der Waals surface area contributed by atoms with Gasteiger partial charge in [-0.05, 0) is 43.7 Å². The Labute approximate surface area is 142 Å². The Morgan fingerprint density at radius 2 is 2.04 bits per heavy atom. The fraction of sp³-hybridized carbons (Fsp3) is 0.368. The number of aromatic nitrogens is 1. The summed E-state index contributed by atoms with van der Waals surface area (Å²) in [6.45, 7) is 5.82. The largest absolute Gasteiger partial charge is 0.494 e. The molecule has 0 radical (unpaired) electrons. The molecule has 2 heterocycles. The minimum absolute atomic E-state index is 0.00754. The smallest absolute Gasteiger partial charge is 0.253 e. The number of likely N-dealkylation sites (tertiary alicyclic amines) is 1. The van der Waals surface area contributed by atoms with Gasteiger partial charge in [-0.3, -0.25) is 4.79 Å². The van der Waals surface area contributed by atoms with Gasteiger partial charge in [-0.25, -0.2) is 4.98 Å². The second kappa shape index (κ2) is 7.34. The molecule has 0 spiro atoms. The summed E-state index contributed by atoms with van der Waals surface area (Å²) in [6.07, 6.45) is 2.60.